The van der Waals surface area contributed by atoms with E-state index in [1.54, 1.807) is 10.9 Å². The molecule has 0 saturated carbocycles. The molecule has 2 aromatic heterocycles. The van der Waals surface area contributed by atoms with E-state index in [9.17, 15) is 4.79 Å². The van der Waals surface area contributed by atoms with Crippen LogP contribution < -0.4 is 16.0 Å². The Morgan fingerprint density at radius 1 is 1.15 bits per heavy atom. The quantitative estimate of drug-likeness (QED) is 0.382. The average molecular weight is 451 g/mol. The summed E-state index contributed by atoms with van der Waals surface area (Å²) >= 11 is 0. The molecule has 2 heterocycles. The molecule has 0 amide bonds. The number of hydrogen-bond donors (Lipinski definition) is 2. The lowest BCUT2D eigenvalue weighted by Gasteiger charge is -2.14. The molecule has 0 aliphatic rings. The van der Waals surface area contributed by atoms with Crippen molar-refractivity contribution in [3.8, 4) is 28.1 Å². The first-order chi connectivity index (χ1) is 16.6. The van der Waals surface area contributed by atoms with Crippen LogP contribution in [-0.2, 0) is 13.6 Å². The number of aryl methyl sites for hydroxylation is 1. The predicted molar refractivity (Wildman–Crippen MR) is 133 cm³/mol. The zero-order valence-corrected chi connectivity index (χ0v) is 18.8. The minimum Gasteiger partial charge on any atom is -0.493 e. The molecule has 0 saturated heterocycles. The number of nitrogens with one attached hydrogen (secondary N) is 1. The van der Waals surface area contributed by atoms with E-state index in [1.165, 1.54) is 0 Å². The molecule has 0 unspecified atom stereocenters. The highest BCUT2D eigenvalue weighted by molar-refractivity contribution is 6.04. The van der Waals surface area contributed by atoms with Crippen LogP contribution in [0.5, 0.6) is 5.75 Å². The number of hydrogen-bond acceptors (Lipinski definition) is 5. The Morgan fingerprint density at radius 2 is 1.97 bits per heavy atom. The molecule has 8 nitrogen and oxygen atoms in total. The van der Waals surface area contributed by atoms with Crippen LogP contribution in [-0.4, -0.2) is 26.6 Å². The molecule has 168 valence electrons. The first-order valence-corrected chi connectivity index (χ1v) is 10.9. The van der Waals surface area contributed by atoms with Crippen molar-refractivity contribution in [2.75, 3.05) is 6.61 Å². The number of fused-ring (bicyclic) bond motifs is 2. The molecule has 3 N–H and O–H groups in total. The second-order valence-electron chi connectivity index (χ2n) is 7.86. The number of rotatable bonds is 5. The fraction of sp³-hybridized carbons (Fsp3) is 0.154. The Balaban J connectivity index is 1.82. The van der Waals surface area contributed by atoms with Crippen LogP contribution >= 0.6 is 0 Å². The zero-order chi connectivity index (χ0) is 23.8. The highest BCUT2D eigenvalue weighted by atomic mass is 16.5. The molecule has 0 aliphatic heterocycles. The molecular formula is C26H22N6O2. The van der Waals surface area contributed by atoms with E-state index >= 15 is 0 Å². The van der Waals surface area contributed by atoms with Crippen LogP contribution in [0.1, 0.15) is 12.6 Å². The summed E-state index contributed by atoms with van der Waals surface area (Å²) in [5.41, 5.74) is 9.90. The lowest BCUT2D eigenvalue weighted by Crippen LogP contribution is -2.14. The van der Waals surface area contributed by atoms with E-state index in [1.807, 2.05) is 62.5 Å². The monoisotopic (exact) mass is 450 g/mol. The van der Waals surface area contributed by atoms with Gasteiger partial charge in [-0.2, -0.15) is 10.2 Å². The number of aromatic amines is 1. The summed E-state index contributed by atoms with van der Waals surface area (Å²) in [6.07, 6.45) is 1.76. The van der Waals surface area contributed by atoms with Gasteiger partial charge in [0.05, 0.1) is 36.1 Å². The van der Waals surface area contributed by atoms with Crippen molar-refractivity contribution in [3.63, 3.8) is 0 Å². The smallest absolute Gasteiger partial charge is 0.275 e. The SMILES string of the molecule is [C-]#[N+]c1c(-c2c(-c3cc(OCC)c4c(=O)[nH]nc(CN)c4c3)cnn2C)ccc2ccccc12. The van der Waals surface area contributed by atoms with Gasteiger partial charge in [0.2, 0.25) is 5.69 Å². The first-order valence-electron chi connectivity index (χ1n) is 10.9. The van der Waals surface area contributed by atoms with Crippen LogP contribution in [0.15, 0.2) is 59.5 Å². The fourth-order valence-electron chi connectivity index (χ4n) is 4.43. The van der Waals surface area contributed by atoms with Crippen LogP contribution in [0.4, 0.5) is 5.69 Å². The summed E-state index contributed by atoms with van der Waals surface area (Å²) in [4.78, 5) is 16.5. The molecule has 3 aromatic carbocycles. The molecule has 0 fully saturated rings. The largest absolute Gasteiger partial charge is 0.493 e. The number of ether oxygens (including phenoxy) is 1. The summed E-state index contributed by atoms with van der Waals surface area (Å²) < 4.78 is 7.61. The Kier molecular flexibility index (Phi) is 5.32. The van der Waals surface area contributed by atoms with Crippen molar-refractivity contribution < 1.29 is 4.74 Å². The minimum atomic E-state index is -0.335. The second kappa shape index (κ2) is 8.46. The Bertz CT molecular complexity index is 1660. The highest BCUT2D eigenvalue weighted by Crippen LogP contribution is 2.42. The van der Waals surface area contributed by atoms with Crippen molar-refractivity contribution in [3.05, 3.63) is 82.2 Å². The number of nitrogens with zero attached hydrogens (tertiary/aromatic N) is 4. The maximum absolute atomic E-state index is 12.6. The third-order valence-electron chi connectivity index (χ3n) is 5.94. The predicted octanol–water partition coefficient (Wildman–Crippen LogP) is 4.55. The topological polar surface area (TPSA) is 103 Å². The summed E-state index contributed by atoms with van der Waals surface area (Å²) in [6.45, 7) is 10.3. The number of H-pyrrole nitrogens is 1. The van der Waals surface area contributed by atoms with E-state index in [2.05, 4.69) is 20.1 Å². The summed E-state index contributed by atoms with van der Waals surface area (Å²) in [5.74, 6) is 0.451. The van der Waals surface area contributed by atoms with E-state index in [-0.39, 0.29) is 12.1 Å². The van der Waals surface area contributed by atoms with E-state index in [0.29, 0.717) is 34.5 Å². The normalized spacial score (nSPS) is 11.1. The van der Waals surface area contributed by atoms with E-state index < -0.39 is 0 Å². The van der Waals surface area contributed by atoms with Crippen molar-refractivity contribution in [1.82, 2.24) is 20.0 Å². The van der Waals surface area contributed by atoms with Gasteiger partial charge in [-0.1, -0.05) is 36.4 Å². The van der Waals surface area contributed by atoms with E-state index in [4.69, 9.17) is 17.0 Å². The van der Waals surface area contributed by atoms with Gasteiger partial charge in [-0.3, -0.25) is 9.48 Å². The molecule has 8 heteroatoms. The molecule has 0 bridgehead atoms. The van der Waals surface area contributed by atoms with Gasteiger partial charge < -0.3 is 10.5 Å². The standard InChI is InChI=1S/C26H22N6O2/c1-4-34-22-12-16(11-19-21(13-27)30-31-26(33)23(19)22)20-14-29-32(3)25(20)18-10-9-15-7-5-6-8-17(15)24(18)28-2/h5-12,14H,4,13,27H2,1,3H3,(H,31,33). The Morgan fingerprint density at radius 3 is 2.74 bits per heavy atom. The molecule has 0 radical (unpaired) electrons. The van der Waals surface area contributed by atoms with Gasteiger partial charge in [0.25, 0.3) is 5.56 Å². The van der Waals surface area contributed by atoms with Crippen molar-refractivity contribution in [2.24, 2.45) is 12.8 Å². The van der Waals surface area contributed by atoms with Gasteiger partial charge in [-0.15, -0.1) is 0 Å². The van der Waals surface area contributed by atoms with Gasteiger partial charge in [0.15, 0.2) is 0 Å². The third kappa shape index (κ3) is 3.31. The van der Waals surface area contributed by atoms with E-state index in [0.717, 1.165) is 33.2 Å². The summed E-state index contributed by atoms with van der Waals surface area (Å²) in [5, 5.41) is 14.1. The molecular weight excluding hydrogens is 428 g/mol. The summed E-state index contributed by atoms with van der Waals surface area (Å²) in [6, 6.07) is 15.5. The highest BCUT2D eigenvalue weighted by Gasteiger charge is 2.21. The zero-order valence-electron chi connectivity index (χ0n) is 18.8. The minimum absolute atomic E-state index is 0.161. The maximum atomic E-state index is 12.6. The molecule has 34 heavy (non-hydrogen) atoms. The molecule has 0 atom stereocenters. The van der Waals surface area contributed by atoms with Crippen molar-refractivity contribution in [2.45, 2.75) is 13.5 Å². The molecule has 5 aromatic rings. The van der Waals surface area contributed by atoms with Gasteiger partial charge in [0.1, 0.15) is 5.75 Å². The Hall–Kier alpha value is -4.48. The molecule has 5 rings (SSSR count). The van der Waals surface area contributed by atoms with Crippen LogP contribution in [0.2, 0.25) is 0 Å². The molecule has 0 aliphatic carbocycles. The fourth-order valence-corrected chi connectivity index (χ4v) is 4.43. The molecule has 0 spiro atoms. The van der Waals surface area contributed by atoms with Crippen molar-refractivity contribution in [1.29, 1.82) is 0 Å². The van der Waals surface area contributed by atoms with Gasteiger partial charge in [0, 0.05) is 30.1 Å². The Labute approximate surface area is 195 Å². The van der Waals surface area contributed by atoms with Gasteiger partial charge in [-0.05, 0) is 35.4 Å². The van der Waals surface area contributed by atoms with Crippen molar-refractivity contribution >= 4 is 27.2 Å². The van der Waals surface area contributed by atoms with Gasteiger partial charge in [-0.25, -0.2) is 9.94 Å². The third-order valence-corrected chi connectivity index (χ3v) is 5.94. The van der Waals surface area contributed by atoms with Crippen LogP contribution in [0.25, 0.3) is 48.8 Å². The first kappa shape index (κ1) is 21.4. The lowest BCUT2D eigenvalue weighted by molar-refractivity contribution is 0.344. The average Bonchev–Trinajstić information content (AvgIpc) is 3.24. The summed E-state index contributed by atoms with van der Waals surface area (Å²) in [7, 11) is 1.85. The number of aromatic nitrogens is 4. The van der Waals surface area contributed by atoms with Gasteiger partial charge >= 0.3 is 0 Å². The number of nitrogens with two attached hydrogens (primary N) is 1. The van der Waals surface area contributed by atoms with Crippen LogP contribution in [0, 0.1) is 6.57 Å². The second-order valence-corrected chi connectivity index (χ2v) is 7.86. The van der Waals surface area contributed by atoms with Crippen LogP contribution in [0.3, 0.4) is 0 Å². The maximum Gasteiger partial charge on any atom is 0.275 e. The number of benzene rings is 3. The lowest BCUT2D eigenvalue weighted by atomic mass is 9.95.